The van der Waals surface area contributed by atoms with Crippen LogP contribution in [0.4, 0.5) is 0 Å². The minimum absolute atomic E-state index is 0.000161. The maximum atomic E-state index is 12.4. The zero-order valence-corrected chi connectivity index (χ0v) is 13.9. The third-order valence-electron chi connectivity index (χ3n) is 4.68. The van der Waals surface area contributed by atoms with Crippen LogP contribution >= 0.6 is 0 Å². The molecule has 4 nitrogen and oxygen atoms in total. The monoisotopic (exact) mass is 303 g/mol. The van der Waals surface area contributed by atoms with E-state index in [4.69, 9.17) is 4.74 Å². The summed E-state index contributed by atoms with van der Waals surface area (Å²) in [4.78, 5) is 23.9. The molecule has 0 aliphatic carbocycles. The molecular formula is C18H23O4-. The number of hydrogen-bond donors (Lipinski definition) is 0. The van der Waals surface area contributed by atoms with Gasteiger partial charge in [0.05, 0.1) is 11.5 Å². The number of ketones is 1. The quantitative estimate of drug-likeness (QED) is 0.860. The van der Waals surface area contributed by atoms with E-state index in [1.807, 2.05) is 20.8 Å². The normalized spacial score (nSPS) is 20.8. The summed E-state index contributed by atoms with van der Waals surface area (Å²) < 4.78 is 5.94. The third kappa shape index (κ3) is 2.74. The molecule has 0 N–H and O–H groups in total. The van der Waals surface area contributed by atoms with Gasteiger partial charge >= 0.3 is 0 Å². The van der Waals surface area contributed by atoms with Gasteiger partial charge in [-0.05, 0) is 29.5 Å². The van der Waals surface area contributed by atoms with Crippen molar-refractivity contribution in [3.8, 4) is 5.75 Å². The van der Waals surface area contributed by atoms with Gasteiger partial charge in [-0.2, -0.15) is 0 Å². The second-order valence-corrected chi connectivity index (χ2v) is 7.28. The van der Waals surface area contributed by atoms with Crippen molar-refractivity contribution in [2.75, 3.05) is 0 Å². The van der Waals surface area contributed by atoms with Gasteiger partial charge in [-0.15, -0.1) is 0 Å². The predicted molar refractivity (Wildman–Crippen MR) is 81.9 cm³/mol. The van der Waals surface area contributed by atoms with Gasteiger partial charge in [0, 0.05) is 11.8 Å². The number of Topliss-reactive ketones (excluding diaryl/α,β-unsaturated/α-hetero) is 1. The molecule has 0 bridgehead atoms. The third-order valence-corrected chi connectivity index (χ3v) is 4.68. The van der Waals surface area contributed by atoms with Gasteiger partial charge in [-0.3, -0.25) is 4.79 Å². The number of carbonyl (C=O) groups excluding carboxylic acids is 2. The van der Waals surface area contributed by atoms with Crippen LogP contribution in [0.3, 0.4) is 0 Å². The van der Waals surface area contributed by atoms with Gasteiger partial charge in [0.1, 0.15) is 11.9 Å². The second-order valence-electron chi connectivity index (χ2n) is 7.28. The van der Waals surface area contributed by atoms with E-state index in [0.29, 0.717) is 29.7 Å². The number of benzene rings is 1. The Morgan fingerprint density at radius 2 is 1.95 bits per heavy atom. The lowest BCUT2D eigenvalue weighted by Crippen LogP contribution is -2.43. The van der Waals surface area contributed by atoms with E-state index < -0.39 is 11.4 Å². The molecule has 0 radical (unpaired) electrons. The molecule has 1 heterocycles. The van der Waals surface area contributed by atoms with E-state index in [9.17, 15) is 14.7 Å². The van der Waals surface area contributed by atoms with Crippen LogP contribution in [-0.2, 0) is 10.2 Å². The molecule has 1 aromatic rings. The number of hydrogen-bond acceptors (Lipinski definition) is 4. The number of carbonyl (C=O) groups is 2. The summed E-state index contributed by atoms with van der Waals surface area (Å²) in [6.45, 7) is 9.52. The number of rotatable bonds is 3. The number of ether oxygens (including phenoxy) is 1. The summed E-state index contributed by atoms with van der Waals surface area (Å²) in [5.74, 6) is -0.594. The highest BCUT2D eigenvalue weighted by molar-refractivity contribution is 6.00. The molecule has 0 fully saturated rings. The number of carboxylic acid groups (broad SMARTS) is 1. The van der Waals surface area contributed by atoms with Crippen LogP contribution < -0.4 is 9.84 Å². The van der Waals surface area contributed by atoms with Crippen molar-refractivity contribution < 1.29 is 19.4 Å². The fraction of sp³-hybridized carbons (Fsp3) is 0.556. The molecule has 2 rings (SSSR count). The summed E-state index contributed by atoms with van der Waals surface area (Å²) in [6, 6.07) is 5.07. The smallest absolute Gasteiger partial charge is 0.170 e. The first-order valence-corrected chi connectivity index (χ1v) is 7.65. The summed E-state index contributed by atoms with van der Waals surface area (Å²) in [6.07, 6.45) is 0.541. The summed E-state index contributed by atoms with van der Waals surface area (Å²) in [7, 11) is 0. The van der Waals surface area contributed by atoms with Crippen LogP contribution in [0.1, 0.15) is 63.4 Å². The van der Waals surface area contributed by atoms with Crippen LogP contribution in [0.5, 0.6) is 5.75 Å². The van der Waals surface area contributed by atoms with E-state index >= 15 is 0 Å². The Bertz CT molecular complexity index is 612. The SMILES string of the molecule is CCC(C)(C(=O)[O-])c1ccc2c(c1)C(=O)CC(C(C)(C)C)O2. The molecule has 1 aromatic carbocycles. The standard InChI is InChI=1S/C18H24O4/c1-6-18(5,16(20)21)11-7-8-14-12(9-11)13(19)10-15(22-14)17(2,3)4/h7-9,15H,6,10H2,1-5H3,(H,20,21)/p-1. The topological polar surface area (TPSA) is 66.4 Å². The van der Waals surface area contributed by atoms with Gasteiger partial charge in [-0.25, -0.2) is 0 Å². The lowest BCUT2D eigenvalue weighted by Gasteiger charge is -2.36. The lowest BCUT2D eigenvalue weighted by molar-refractivity contribution is -0.313. The average molecular weight is 303 g/mol. The highest BCUT2D eigenvalue weighted by Crippen LogP contribution is 2.38. The van der Waals surface area contributed by atoms with Crippen molar-refractivity contribution in [1.82, 2.24) is 0 Å². The minimum Gasteiger partial charge on any atom is -0.549 e. The molecular weight excluding hydrogens is 280 g/mol. The number of fused-ring (bicyclic) bond motifs is 1. The maximum absolute atomic E-state index is 12.4. The summed E-state index contributed by atoms with van der Waals surface area (Å²) >= 11 is 0. The molecule has 1 aliphatic rings. The van der Waals surface area contributed by atoms with Crippen LogP contribution in [0.15, 0.2) is 18.2 Å². The first-order chi connectivity index (χ1) is 10.1. The Morgan fingerprint density at radius 1 is 1.32 bits per heavy atom. The molecule has 4 heteroatoms. The van der Waals surface area contributed by atoms with Crippen molar-refractivity contribution in [2.45, 2.75) is 59.0 Å². The molecule has 0 spiro atoms. The molecule has 0 aromatic heterocycles. The molecule has 22 heavy (non-hydrogen) atoms. The fourth-order valence-corrected chi connectivity index (χ4v) is 2.62. The van der Waals surface area contributed by atoms with E-state index in [1.165, 1.54) is 0 Å². The van der Waals surface area contributed by atoms with Crippen molar-refractivity contribution in [3.63, 3.8) is 0 Å². The molecule has 0 amide bonds. The van der Waals surface area contributed by atoms with E-state index in [1.54, 1.807) is 32.0 Å². The Labute approximate surface area is 131 Å². The largest absolute Gasteiger partial charge is 0.549 e. The van der Waals surface area contributed by atoms with Gasteiger partial charge in [-0.1, -0.05) is 40.7 Å². The van der Waals surface area contributed by atoms with Crippen LogP contribution in [0, 0.1) is 5.41 Å². The average Bonchev–Trinajstić information content (AvgIpc) is 2.44. The zero-order chi connectivity index (χ0) is 16.7. The first-order valence-electron chi connectivity index (χ1n) is 7.65. The Morgan fingerprint density at radius 3 is 2.45 bits per heavy atom. The first kappa shape index (κ1) is 16.5. The predicted octanol–water partition coefficient (Wildman–Crippen LogP) is 2.48. The van der Waals surface area contributed by atoms with Gasteiger partial charge in [0.15, 0.2) is 5.78 Å². The van der Waals surface area contributed by atoms with Gasteiger partial charge in [0.25, 0.3) is 0 Å². The Balaban J connectivity index is 2.44. The lowest BCUT2D eigenvalue weighted by atomic mass is 9.78. The van der Waals surface area contributed by atoms with Crippen molar-refractivity contribution in [1.29, 1.82) is 0 Å². The van der Waals surface area contributed by atoms with Crippen molar-refractivity contribution >= 4 is 11.8 Å². The highest BCUT2D eigenvalue weighted by Gasteiger charge is 2.36. The molecule has 120 valence electrons. The minimum atomic E-state index is -1.13. The fourth-order valence-electron chi connectivity index (χ4n) is 2.62. The highest BCUT2D eigenvalue weighted by atomic mass is 16.5. The Kier molecular flexibility index (Phi) is 4.07. The van der Waals surface area contributed by atoms with Crippen molar-refractivity contribution in [2.24, 2.45) is 5.41 Å². The number of aliphatic carboxylic acids is 1. The molecule has 2 atom stereocenters. The number of carboxylic acids is 1. The summed E-state index contributed by atoms with van der Waals surface area (Å²) in [5, 5.41) is 11.5. The van der Waals surface area contributed by atoms with Crippen molar-refractivity contribution in [3.05, 3.63) is 29.3 Å². The second kappa shape index (κ2) is 5.41. The molecule has 0 saturated heterocycles. The van der Waals surface area contributed by atoms with Gasteiger partial charge in [0.2, 0.25) is 0 Å². The maximum Gasteiger partial charge on any atom is 0.170 e. The van der Waals surface area contributed by atoms with Crippen LogP contribution in [-0.4, -0.2) is 17.9 Å². The van der Waals surface area contributed by atoms with Gasteiger partial charge < -0.3 is 14.6 Å². The Hall–Kier alpha value is -1.84. The van der Waals surface area contributed by atoms with E-state index in [-0.39, 0.29) is 17.3 Å². The summed E-state index contributed by atoms with van der Waals surface area (Å²) in [5.41, 5.74) is -0.177. The zero-order valence-electron chi connectivity index (χ0n) is 13.9. The van der Waals surface area contributed by atoms with Crippen LogP contribution in [0.25, 0.3) is 0 Å². The molecule has 0 saturated carbocycles. The molecule has 2 unspecified atom stereocenters. The van der Waals surface area contributed by atoms with E-state index in [0.717, 1.165) is 0 Å². The van der Waals surface area contributed by atoms with Crippen LogP contribution in [0.2, 0.25) is 0 Å². The van der Waals surface area contributed by atoms with E-state index in [2.05, 4.69) is 0 Å². The molecule has 1 aliphatic heterocycles.